The normalized spacial score (nSPS) is 15.4. The number of hydrogen-bond acceptors (Lipinski definition) is 5. The summed E-state index contributed by atoms with van der Waals surface area (Å²) >= 11 is 0. The van der Waals surface area contributed by atoms with Crippen molar-refractivity contribution < 1.29 is 19.4 Å². The fourth-order valence-corrected chi connectivity index (χ4v) is 1.78. The molecule has 1 aliphatic heterocycles. The minimum Gasteiger partial charge on any atom is -0.486 e. The van der Waals surface area contributed by atoms with Gasteiger partial charge in [0.15, 0.2) is 11.5 Å². The van der Waals surface area contributed by atoms with Crippen LogP contribution in [0, 0.1) is 0 Å². The molecule has 0 saturated carbocycles. The first-order valence-corrected chi connectivity index (χ1v) is 7.01. The zero-order chi connectivity index (χ0) is 15.5. The van der Waals surface area contributed by atoms with Crippen molar-refractivity contribution in [1.29, 1.82) is 0 Å². The molecule has 1 heterocycles. The van der Waals surface area contributed by atoms with Crippen molar-refractivity contribution in [3.63, 3.8) is 0 Å². The summed E-state index contributed by atoms with van der Waals surface area (Å²) in [6, 6.07) is 5.29. The molecule has 1 aromatic carbocycles. The number of aliphatic hydroxyl groups is 1. The lowest BCUT2D eigenvalue weighted by atomic mass is 9.99. The molecule has 0 spiro atoms. The van der Waals surface area contributed by atoms with Gasteiger partial charge in [0.1, 0.15) is 13.2 Å². The van der Waals surface area contributed by atoms with Crippen molar-refractivity contribution in [3.05, 3.63) is 18.2 Å². The van der Waals surface area contributed by atoms with Gasteiger partial charge in [0.25, 0.3) is 0 Å². The highest BCUT2D eigenvalue weighted by Crippen LogP contribution is 2.32. The van der Waals surface area contributed by atoms with Crippen molar-refractivity contribution in [2.75, 3.05) is 25.1 Å². The van der Waals surface area contributed by atoms with E-state index in [0.29, 0.717) is 30.4 Å². The van der Waals surface area contributed by atoms with Crippen molar-refractivity contribution in [3.8, 4) is 11.5 Å². The molecular weight excluding hydrogens is 272 g/mol. The smallest absolute Gasteiger partial charge is 0.238 e. The number of amides is 1. The van der Waals surface area contributed by atoms with E-state index in [1.807, 2.05) is 13.8 Å². The lowest BCUT2D eigenvalue weighted by molar-refractivity contribution is -0.115. The van der Waals surface area contributed by atoms with Crippen LogP contribution in [-0.2, 0) is 4.79 Å². The zero-order valence-corrected chi connectivity index (χ0v) is 12.6. The molecule has 1 atom stereocenters. The predicted molar refractivity (Wildman–Crippen MR) is 79.8 cm³/mol. The van der Waals surface area contributed by atoms with E-state index in [1.54, 1.807) is 25.1 Å². The molecule has 6 nitrogen and oxygen atoms in total. The molecular formula is C15H22N2O4. The van der Waals surface area contributed by atoms with Crippen molar-refractivity contribution in [2.24, 2.45) is 0 Å². The topological polar surface area (TPSA) is 79.8 Å². The van der Waals surface area contributed by atoms with E-state index >= 15 is 0 Å². The number of ether oxygens (including phenoxy) is 2. The maximum absolute atomic E-state index is 11.9. The average Bonchev–Trinajstić information content (AvgIpc) is 2.45. The van der Waals surface area contributed by atoms with Crippen LogP contribution in [0.15, 0.2) is 18.2 Å². The number of fused-ring (bicyclic) bond motifs is 1. The number of hydrogen-bond donors (Lipinski definition) is 3. The van der Waals surface area contributed by atoms with Gasteiger partial charge in [-0.2, -0.15) is 0 Å². The molecule has 0 radical (unpaired) electrons. The Balaban J connectivity index is 1.91. The molecule has 1 amide bonds. The van der Waals surface area contributed by atoms with E-state index in [2.05, 4.69) is 10.6 Å². The maximum atomic E-state index is 11.9. The van der Waals surface area contributed by atoms with Gasteiger partial charge < -0.3 is 25.2 Å². The second-order valence-electron chi connectivity index (χ2n) is 5.66. The van der Waals surface area contributed by atoms with Gasteiger partial charge in [-0.05, 0) is 32.9 Å². The lowest BCUT2D eigenvalue weighted by Crippen LogP contribution is -2.50. The standard InChI is InChI=1S/C15H22N2O4/c1-10(18)15(2,3)16-9-14(19)17-11-4-5-12-13(8-11)21-7-6-20-12/h4-5,8,10,16,18H,6-7,9H2,1-3H3,(H,17,19). The van der Waals surface area contributed by atoms with Crippen LogP contribution in [0.2, 0.25) is 0 Å². The summed E-state index contributed by atoms with van der Waals surface area (Å²) in [6.07, 6.45) is -0.556. The highest BCUT2D eigenvalue weighted by molar-refractivity contribution is 5.92. The Kier molecular flexibility index (Phi) is 4.69. The van der Waals surface area contributed by atoms with Crippen LogP contribution in [0.25, 0.3) is 0 Å². The van der Waals surface area contributed by atoms with Crippen molar-refractivity contribution >= 4 is 11.6 Å². The van der Waals surface area contributed by atoms with Crippen molar-refractivity contribution in [2.45, 2.75) is 32.4 Å². The van der Waals surface area contributed by atoms with E-state index in [1.165, 1.54) is 0 Å². The largest absolute Gasteiger partial charge is 0.486 e. The van der Waals surface area contributed by atoms with Gasteiger partial charge in [0.2, 0.25) is 5.91 Å². The molecule has 21 heavy (non-hydrogen) atoms. The minimum atomic E-state index is -0.556. The minimum absolute atomic E-state index is 0.117. The molecule has 116 valence electrons. The average molecular weight is 294 g/mol. The Hall–Kier alpha value is -1.79. The van der Waals surface area contributed by atoms with Gasteiger partial charge in [0.05, 0.1) is 12.6 Å². The van der Waals surface area contributed by atoms with Gasteiger partial charge in [-0.15, -0.1) is 0 Å². The number of benzene rings is 1. The van der Waals surface area contributed by atoms with Crippen LogP contribution in [0.1, 0.15) is 20.8 Å². The monoisotopic (exact) mass is 294 g/mol. The number of carbonyl (C=O) groups excluding carboxylic acids is 1. The summed E-state index contributed by atoms with van der Waals surface area (Å²) in [5.74, 6) is 1.14. The molecule has 1 aromatic rings. The molecule has 1 unspecified atom stereocenters. The van der Waals surface area contributed by atoms with E-state index < -0.39 is 11.6 Å². The molecule has 0 fully saturated rings. The molecule has 3 N–H and O–H groups in total. The van der Waals surface area contributed by atoms with Gasteiger partial charge in [-0.1, -0.05) is 0 Å². The maximum Gasteiger partial charge on any atom is 0.238 e. The van der Waals surface area contributed by atoms with Gasteiger partial charge in [-0.3, -0.25) is 4.79 Å². The summed E-state index contributed by atoms with van der Waals surface area (Å²) < 4.78 is 10.9. The first kappa shape index (κ1) is 15.6. The molecule has 0 aliphatic carbocycles. The Labute approximate surface area is 124 Å². The van der Waals surface area contributed by atoms with Crippen LogP contribution in [-0.4, -0.2) is 42.4 Å². The quantitative estimate of drug-likeness (QED) is 0.759. The van der Waals surface area contributed by atoms with Crippen molar-refractivity contribution in [1.82, 2.24) is 5.32 Å². The first-order valence-electron chi connectivity index (χ1n) is 7.01. The Bertz CT molecular complexity index is 514. The second kappa shape index (κ2) is 6.32. The van der Waals surface area contributed by atoms with Gasteiger partial charge >= 0.3 is 0 Å². The summed E-state index contributed by atoms with van der Waals surface area (Å²) in [5.41, 5.74) is 0.130. The Morgan fingerprint density at radius 2 is 2.00 bits per heavy atom. The molecule has 6 heteroatoms. The van der Waals surface area contributed by atoms with Gasteiger partial charge in [-0.25, -0.2) is 0 Å². The molecule has 1 aliphatic rings. The Morgan fingerprint density at radius 1 is 1.33 bits per heavy atom. The summed E-state index contributed by atoms with van der Waals surface area (Å²) in [5, 5.41) is 15.4. The number of rotatable bonds is 5. The predicted octanol–water partition coefficient (Wildman–Crippen LogP) is 1.15. The van der Waals surface area contributed by atoms with Crippen LogP contribution in [0.4, 0.5) is 5.69 Å². The van der Waals surface area contributed by atoms with Crippen LogP contribution < -0.4 is 20.1 Å². The van der Waals surface area contributed by atoms with Crippen LogP contribution >= 0.6 is 0 Å². The molecule has 0 bridgehead atoms. The first-order chi connectivity index (χ1) is 9.88. The molecule has 0 aromatic heterocycles. The van der Waals surface area contributed by atoms with E-state index in [9.17, 15) is 9.90 Å². The van der Waals surface area contributed by atoms with E-state index in [4.69, 9.17) is 9.47 Å². The second-order valence-corrected chi connectivity index (χ2v) is 5.66. The molecule has 2 rings (SSSR count). The Morgan fingerprint density at radius 3 is 2.67 bits per heavy atom. The third-order valence-corrected chi connectivity index (χ3v) is 3.57. The third kappa shape index (κ3) is 4.09. The van der Waals surface area contributed by atoms with E-state index in [0.717, 1.165) is 0 Å². The highest BCUT2D eigenvalue weighted by Gasteiger charge is 2.24. The van der Waals surface area contributed by atoms with Crippen LogP contribution in [0.3, 0.4) is 0 Å². The fraction of sp³-hybridized carbons (Fsp3) is 0.533. The number of carbonyl (C=O) groups is 1. The SMILES string of the molecule is CC(O)C(C)(C)NCC(=O)Nc1ccc2c(c1)OCCO2. The fourth-order valence-electron chi connectivity index (χ4n) is 1.78. The summed E-state index contributed by atoms with van der Waals surface area (Å²) in [4.78, 5) is 11.9. The molecule has 0 saturated heterocycles. The highest BCUT2D eigenvalue weighted by atomic mass is 16.6. The summed E-state index contributed by atoms with van der Waals surface area (Å²) in [6.45, 7) is 6.54. The van der Waals surface area contributed by atoms with E-state index in [-0.39, 0.29) is 12.5 Å². The van der Waals surface area contributed by atoms with Crippen LogP contribution in [0.5, 0.6) is 11.5 Å². The zero-order valence-electron chi connectivity index (χ0n) is 12.6. The third-order valence-electron chi connectivity index (χ3n) is 3.57. The number of nitrogens with one attached hydrogen (secondary N) is 2. The summed E-state index contributed by atoms with van der Waals surface area (Å²) in [7, 11) is 0. The number of anilines is 1. The number of aliphatic hydroxyl groups excluding tert-OH is 1. The lowest BCUT2D eigenvalue weighted by Gasteiger charge is -2.29. The van der Waals surface area contributed by atoms with Gasteiger partial charge in [0, 0.05) is 17.3 Å².